The molecule has 7 nitrogen and oxygen atoms in total. The van der Waals surface area contributed by atoms with Gasteiger partial charge < -0.3 is 10.2 Å². The topological polar surface area (TPSA) is 97.2 Å². The monoisotopic (exact) mass is 426 g/mol. The molecule has 0 unspecified atom stereocenters. The van der Waals surface area contributed by atoms with Gasteiger partial charge in [0.1, 0.15) is 0 Å². The normalized spacial score (nSPS) is 18.1. The van der Waals surface area contributed by atoms with Crippen LogP contribution in [-0.2, 0) is 0 Å². The zero-order valence-electron chi connectivity index (χ0n) is 18.2. The molecule has 3 aromatic rings. The number of aromatic amines is 1. The Morgan fingerprint density at radius 2 is 2.22 bits per heavy atom. The van der Waals surface area contributed by atoms with E-state index in [1.165, 1.54) is 0 Å². The molecule has 0 saturated carbocycles. The van der Waals surface area contributed by atoms with Crippen LogP contribution in [0.5, 0.6) is 0 Å². The van der Waals surface area contributed by atoms with E-state index in [0.717, 1.165) is 35.3 Å². The maximum Gasteiger partial charge on any atom is 0.254 e. The number of nitrogens with one attached hydrogen (secondary N) is 2. The predicted molar refractivity (Wildman–Crippen MR) is 126 cm³/mol. The Kier molecular flexibility index (Phi) is 6.31. The first kappa shape index (κ1) is 21.3. The molecule has 162 valence electrons. The second kappa shape index (κ2) is 9.48. The number of hydrogen-bond acceptors (Lipinski definition) is 5. The van der Waals surface area contributed by atoms with Gasteiger partial charge in [-0.3, -0.25) is 14.9 Å². The number of aliphatic imine (C=N–C) groups is 1. The fourth-order valence-electron chi connectivity index (χ4n) is 4.27. The molecule has 7 heteroatoms. The Morgan fingerprint density at radius 3 is 2.97 bits per heavy atom. The molecule has 1 aromatic heterocycles. The minimum atomic E-state index is -0.0135. The van der Waals surface area contributed by atoms with E-state index in [4.69, 9.17) is 5.26 Å². The van der Waals surface area contributed by atoms with Crippen LogP contribution in [0, 0.1) is 17.2 Å². The van der Waals surface area contributed by atoms with Crippen molar-refractivity contribution in [3.05, 3.63) is 71.5 Å². The SMILES string of the molecule is C/N=C\c1cc(-c2cn[nH]c2)ccc1NC[C@@H]1C[C@H](C)N(C(=O)c2cccc(C#N)c2)C1. The van der Waals surface area contributed by atoms with Crippen LogP contribution in [0.25, 0.3) is 11.1 Å². The number of benzene rings is 2. The number of likely N-dealkylation sites (tertiary alicyclic amines) is 1. The molecule has 1 aliphatic heterocycles. The lowest BCUT2D eigenvalue weighted by Crippen LogP contribution is -2.34. The highest BCUT2D eigenvalue weighted by molar-refractivity contribution is 5.95. The smallest absolute Gasteiger partial charge is 0.254 e. The number of H-pyrrole nitrogens is 1. The van der Waals surface area contributed by atoms with Crippen LogP contribution in [0.2, 0.25) is 0 Å². The Morgan fingerprint density at radius 1 is 1.34 bits per heavy atom. The van der Waals surface area contributed by atoms with Crippen molar-refractivity contribution < 1.29 is 4.79 Å². The van der Waals surface area contributed by atoms with Gasteiger partial charge in [0.05, 0.1) is 17.8 Å². The first-order chi connectivity index (χ1) is 15.6. The standard InChI is InChI=1S/C25H26N6O/c1-17-8-19(16-31(17)25(32)21-5-3-4-18(9-21)11-26)12-28-24-7-6-20(10-22(24)13-27-2)23-14-29-30-15-23/h3-7,9-10,13-15,17,19,28H,8,12,16H2,1-2H3,(H,29,30)/b27-13-/t17-,19-/m0/s1. The maximum atomic E-state index is 13.0. The van der Waals surface area contributed by atoms with Gasteiger partial charge >= 0.3 is 0 Å². The van der Waals surface area contributed by atoms with Crippen molar-refractivity contribution in [2.45, 2.75) is 19.4 Å². The van der Waals surface area contributed by atoms with Gasteiger partial charge in [-0.2, -0.15) is 10.4 Å². The minimum absolute atomic E-state index is 0.0135. The summed E-state index contributed by atoms with van der Waals surface area (Å²) in [6.07, 6.45) is 6.45. The number of nitrogens with zero attached hydrogens (tertiary/aromatic N) is 4. The first-order valence-electron chi connectivity index (χ1n) is 10.7. The van der Waals surface area contributed by atoms with Gasteiger partial charge in [-0.05, 0) is 55.2 Å². The number of nitriles is 1. The van der Waals surface area contributed by atoms with Gasteiger partial charge in [0.25, 0.3) is 5.91 Å². The zero-order chi connectivity index (χ0) is 22.5. The van der Waals surface area contributed by atoms with Crippen LogP contribution in [0.1, 0.15) is 34.8 Å². The van der Waals surface area contributed by atoms with Crippen LogP contribution in [0.4, 0.5) is 5.69 Å². The molecule has 32 heavy (non-hydrogen) atoms. The summed E-state index contributed by atoms with van der Waals surface area (Å²) >= 11 is 0. The van der Waals surface area contributed by atoms with Crippen molar-refractivity contribution in [3.8, 4) is 17.2 Å². The summed E-state index contributed by atoms with van der Waals surface area (Å²) in [5.41, 5.74) is 5.21. The van der Waals surface area contributed by atoms with Crippen LogP contribution < -0.4 is 5.32 Å². The third-order valence-corrected chi connectivity index (χ3v) is 5.89. The minimum Gasteiger partial charge on any atom is -0.384 e. The molecular formula is C25H26N6O. The first-order valence-corrected chi connectivity index (χ1v) is 10.7. The van der Waals surface area contributed by atoms with Gasteiger partial charge in [-0.25, -0.2) is 0 Å². The van der Waals surface area contributed by atoms with Gasteiger partial charge in [0.2, 0.25) is 0 Å². The van der Waals surface area contributed by atoms with E-state index >= 15 is 0 Å². The number of amides is 1. The summed E-state index contributed by atoms with van der Waals surface area (Å²) in [5.74, 6) is 0.327. The van der Waals surface area contributed by atoms with E-state index < -0.39 is 0 Å². The molecule has 1 saturated heterocycles. The average Bonchev–Trinajstić information content (AvgIpc) is 3.48. The molecule has 4 rings (SSSR count). The molecule has 0 spiro atoms. The second-order valence-electron chi connectivity index (χ2n) is 8.16. The molecule has 2 aromatic carbocycles. The van der Waals surface area contributed by atoms with Crippen molar-refractivity contribution in [2.24, 2.45) is 10.9 Å². The van der Waals surface area contributed by atoms with Crippen molar-refractivity contribution in [1.82, 2.24) is 15.1 Å². The second-order valence-corrected chi connectivity index (χ2v) is 8.16. The summed E-state index contributed by atoms with van der Waals surface area (Å²) < 4.78 is 0. The lowest BCUT2D eigenvalue weighted by molar-refractivity contribution is 0.0743. The lowest BCUT2D eigenvalue weighted by Gasteiger charge is -2.21. The number of carbonyl (C=O) groups is 1. The molecule has 0 bridgehead atoms. The van der Waals surface area contributed by atoms with Crippen LogP contribution in [0.3, 0.4) is 0 Å². The van der Waals surface area contributed by atoms with Gasteiger partial charge in [0.15, 0.2) is 0 Å². The number of hydrogen-bond donors (Lipinski definition) is 2. The van der Waals surface area contributed by atoms with E-state index in [-0.39, 0.29) is 11.9 Å². The third kappa shape index (κ3) is 4.54. The fourth-order valence-corrected chi connectivity index (χ4v) is 4.27. The molecular weight excluding hydrogens is 400 g/mol. The van der Waals surface area contributed by atoms with Gasteiger partial charge in [0, 0.05) is 61.0 Å². The Hall–Kier alpha value is -3.92. The molecule has 0 radical (unpaired) electrons. The molecule has 2 heterocycles. The lowest BCUT2D eigenvalue weighted by atomic mass is 10.0. The summed E-state index contributed by atoms with van der Waals surface area (Å²) in [4.78, 5) is 19.1. The molecule has 1 fully saturated rings. The summed E-state index contributed by atoms with van der Waals surface area (Å²) in [7, 11) is 1.76. The van der Waals surface area contributed by atoms with Crippen molar-refractivity contribution in [3.63, 3.8) is 0 Å². The third-order valence-electron chi connectivity index (χ3n) is 5.89. The highest BCUT2D eigenvalue weighted by atomic mass is 16.2. The van der Waals surface area contributed by atoms with E-state index in [1.807, 2.05) is 17.3 Å². The van der Waals surface area contributed by atoms with Crippen LogP contribution >= 0.6 is 0 Å². The van der Waals surface area contributed by atoms with Crippen molar-refractivity contribution >= 4 is 17.8 Å². The Labute approximate surface area is 187 Å². The highest BCUT2D eigenvalue weighted by Crippen LogP contribution is 2.28. The number of rotatable bonds is 6. The Bertz CT molecular complexity index is 1160. The van der Waals surface area contributed by atoms with Crippen LogP contribution in [0.15, 0.2) is 59.9 Å². The van der Waals surface area contributed by atoms with E-state index in [1.54, 1.807) is 37.5 Å². The van der Waals surface area contributed by atoms with Crippen LogP contribution in [-0.4, -0.2) is 53.4 Å². The number of aromatic nitrogens is 2. The summed E-state index contributed by atoms with van der Waals surface area (Å²) in [6.45, 7) is 3.54. The zero-order valence-corrected chi connectivity index (χ0v) is 18.2. The molecule has 0 aliphatic carbocycles. The van der Waals surface area contributed by atoms with E-state index in [0.29, 0.717) is 23.6 Å². The highest BCUT2D eigenvalue weighted by Gasteiger charge is 2.32. The predicted octanol–water partition coefficient (Wildman–Crippen LogP) is 3.96. The summed E-state index contributed by atoms with van der Waals surface area (Å²) in [5, 5.41) is 19.5. The summed E-state index contributed by atoms with van der Waals surface area (Å²) in [6, 6.07) is 15.4. The largest absolute Gasteiger partial charge is 0.384 e. The van der Waals surface area contributed by atoms with E-state index in [9.17, 15) is 4.79 Å². The quantitative estimate of drug-likeness (QED) is 0.583. The molecule has 2 atom stereocenters. The van der Waals surface area contributed by atoms with E-state index in [2.05, 4.69) is 51.7 Å². The molecule has 2 N–H and O–H groups in total. The van der Waals surface area contributed by atoms with Gasteiger partial charge in [-0.15, -0.1) is 0 Å². The average molecular weight is 427 g/mol. The molecule has 1 aliphatic rings. The Balaban J connectivity index is 1.43. The number of anilines is 1. The molecule has 1 amide bonds. The fraction of sp³-hybridized carbons (Fsp3) is 0.280. The van der Waals surface area contributed by atoms with Crippen molar-refractivity contribution in [2.75, 3.05) is 25.5 Å². The van der Waals surface area contributed by atoms with Crippen molar-refractivity contribution in [1.29, 1.82) is 5.26 Å². The number of carbonyl (C=O) groups excluding carboxylic acids is 1. The maximum absolute atomic E-state index is 13.0. The van der Waals surface area contributed by atoms with Gasteiger partial charge in [-0.1, -0.05) is 12.1 Å².